The number of esters is 1. The number of hydrogen-bond donors (Lipinski definition) is 0. The predicted molar refractivity (Wildman–Crippen MR) is 79.1 cm³/mol. The molecule has 1 aromatic carbocycles. The van der Waals surface area contributed by atoms with Crippen LogP contribution in [0.2, 0.25) is 0 Å². The van der Waals surface area contributed by atoms with Gasteiger partial charge in [0.2, 0.25) is 0 Å². The van der Waals surface area contributed by atoms with E-state index in [2.05, 4.69) is 27.3 Å². The van der Waals surface area contributed by atoms with Gasteiger partial charge in [-0.25, -0.2) is 0 Å². The monoisotopic (exact) mass is 364 g/mol. The van der Waals surface area contributed by atoms with Crippen molar-refractivity contribution in [3.63, 3.8) is 0 Å². The minimum atomic E-state index is -0.176. The van der Waals surface area contributed by atoms with E-state index in [9.17, 15) is 4.79 Å². The van der Waals surface area contributed by atoms with Crippen LogP contribution in [-0.2, 0) is 9.53 Å². The van der Waals surface area contributed by atoms with E-state index in [1.165, 1.54) is 7.11 Å². The zero-order chi connectivity index (χ0) is 12.7. The summed E-state index contributed by atoms with van der Waals surface area (Å²) < 4.78 is 5.66. The number of carbonyl (C=O) groups excluding carboxylic acids is 1. The summed E-state index contributed by atoms with van der Waals surface area (Å²) in [4.78, 5) is 11.0. The van der Waals surface area contributed by atoms with Gasteiger partial charge in [0.25, 0.3) is 0 Å². The van der Waals surface area contributed by atoms with Gasteiger partial charge in [-0.2, -0.15) is 0 Å². The van der Waals surface area contributed by atoms with Crippen LogP contribution >= 0.6 is 34.2 Å². The zero-order valence-electron chi connectivity index (χ0n) is 9.58. The highest BCUT2D eigenvalue weighted by Gasteiger charge is 2.06. The van der Waals surface area contributed by atoms with Gasteiger partial charge in [0, 0.05) is 10.0 Å². The summed E-state index contributed by atoms with van der Waals surface area (Å²) in [5, 5.41) is 0.760. The number of ether oxygens (including phenoxy) is 1. The van der Waals surface area contributed by atoms with Crippen molar-refractivity contribution in [2.75, 3.05) is 7.11 Å². The van der Waals surface area contributed by atoms with Crippen molar-refractivity contribution in [3.8, 4) is 0 Å². The molecule has 2 nitrogen and oxygen atoms in total. The molecule has 4 heteroatoms. The Morgan fingerprint density at radius 1 is 1.29 bits per heavy atom. The number of allylic oxidation sites excluding steroid dienone is 1. The Labute approximate surface area is 120 Å². The maximum Gasteiger partial charge on any atom is 0.305 e. The molecule has 0 aliphatic heterocycles. The van der Waals surface area contributed by atoms with Crippen molar-refractivity contribution in [2.24, 2.45) is 0 Å². The van der Waals surface area contributed by atoms with E-state index in [1.807, 2.05) is 30.3 Å². The highest BCUT2D eigenvalue weighted by Crippen LogP contribution is 2.30. The molecule has 0 unspecified atom stereocenters. The van der Waals surface area contributed by atoms with E-state index in [1.54, 1.807) is 0 Å². The number of halogens is 2. The molecule has 0 bridgehead atoms. The minimum Gasteiger partial charge on any atom is -0.469 e. The molecule has 0 spiro atoms. The number of carbonyl (C=O) groups is 1. The number of methoxy groups -OCH3 is 1. The van der Waals surface area contributed by atoms with Crippen molar-refractivity contribution in [2.45, 2.75) is 19.3 Å². The van der Waals surface area contributed by atoms with Crippen molar-refractivity contribution < 1.29 is 9.53 Å². The van der Waals surface area contributed by atoms with Crippen molar-refractivity contribution in [1.29, 1.82) is 0 Å². The number of rotatable bonds is 5. The van der Waals surface area contributed by atoms with Crippen LogP contribution in [-0.4, -0.2) is 13.1 Å². The van der Waals surface area contributed by atoms with Crippen LogP contribution in [0.5, 0.6) is 0 Å². The molecule has 0 atom stereocenters. The van der Waals surface area contributed by atoms with Crippen LogP contribution in [0, 0.1) is 0 Å². The average molecular weight is 365 g/mol. The Bertz CT molecular complexity index is 401. The molecule has 0 heterocycles. The molecule has 0 aliphatic carbocycles. The lowest BCUT2D eigenvalue weighted by atomic mass is 10.1. The Morgan fingerprint density at radius 2 is 1.94 bits per heavy atom. The molecule has 0 N–H and O–H groups in total. The summed E-state index contributed by atoms with van der Waals surface area (Å²) >= 11 is 8.49. The molecule has 0 aliphatic rings. The van der Waals surface area contributed by atoms with E-state index in [0.717, 1.165) is 27.0 Å². The number of hydrogen-bond acceptors (Lipinski definition) is 2. The highest BCUT2D eigenvalue weighted by molar-refractivity contribution is 14.1. The normalized spacial score (nSPS) is 11.9. The van der Waals surface area contributed by atoms with Crippen LogP contribution in [0.4, 0.5) is 0 Å². The summed E-state index contributed by atoms with van der Waals surface area (Å²) in [6, 6.07) is 9.81. The third-order valence-electron chi connectivity index (χ3n) is 2.27. The first kappa shape index (κ1) is 14.5. The Kier molecular flexibility index (Phi) is 6.58. The fourth-order valence-corrected chi connectivity index (χ4v) is 2.25. The lowest BCUT2D eigenvalue weighted by Gasteiger charge is -2.04. The van der Waals surface area contributed by atoms with Gasteiger partial charge in [0.15, 0.2) is 0 Å². The molecule has 0 amide bonds. The molecule has 0 aromatic heterocycles. The van der Waals surface area contributed by atoms with Crippen LogP contribution < -0.4 is 0 Å². The first-order valence-corrected chi connectivity index (χ1v) is 6.77. The van der Waals surface area contributed by atoms with Gasteiger partial charge in [-0.15, -0.1) is 0 Å². The van der Waals surface area contributed by atoms with Crippen LogP contribution in [0.1, 0.15) is 24.8 Å². The van der Waals surface area contributed by atoms with Gasteiger partial charge in [0.1, 0.15) is 0 Å². The molecule has 0 saturated carbocycles. The Balaban J connectivity index is 2.56. The van der Waals surface area contributed by atoms with Crippen LogP contribution in [0.25, 0.3) is 5.03 Å². The van der Waals surface area contributed by atoms with E-state index < -0.39 is 0 Å². The largest absolute Gasteiger partial charge is 0.469 e. The number of benzene rings is 1. The van der Waals surface area contributed by atoms with Gasteiger partial charge in [-0.1, -0.05) is 41.9 Å². The maximum atomic E-state index is 11.0. The zero-order valence-corrected chi connectivity index (χ0v) is 12.5. The fraction of sp³-hybridized carbons (Fsp3) is 0.308. The molecule has 1 aromatic rings. The molecular formula is C13H14ClIO2. The standard InChI is InChI=1S/C13H14ClIO2/c1-17-12(16)9-5-8-11(15)13(14)10-6-3-2-4-7-10/h2-4,6-7H,5,8-9H2,1H3/b13-11+. The third-order valence-corrected chi connectivity index (χ3v) is 4.11. The summed E-state index contributed by atoms with van der Waals surface area (Å²) in [6.07, 6.45) is 1.99. The van der Waals surface area contributed by atoms with E-state index >= 15 is 0 Å². The predicted octanol–water partition coefficient (Wildman–Crippen LogP) is 4.37. The molecule has 0 fully saturated rings. The van der Waals surface area contributed by atoms with Gasteiger partial charge in [-0.3, -0.25) is 4.79 Å². The smallest absolute Gasteiger partial charge is 0.305 e. The van der Waals surface area contributed by atoms with Gasteiger partial charge in [-0.05, 0) is 41.0 Å². The quantitative estimate of drug-likeness (QED) is 0.573. The summed E-state index contributed by atoms with van der Waals surface area (Å²) in [7, 11) is 1.40. The lowest BCUT2D eigenvalue weighted by molar-refractivity contribution is -0.140. The third kappa shape index (κ3) is 5.08. The molecule has 17 heavy (non-hydrogen) atoms. The molecule has 92 valence electrons. The second-order valence-corrected chi connectivity index (χ2v) is 5.19. The average Bonchev–Trinajstić information content (AvgIpc) is 2.38. The SMILES string of the molecule is COC(=O)CCC/C(I)=C(\Cl)c1ccccc1. The topological polar surface area (TPSA) is 26.3 Å². The maximum absolute atomic E-state index is 11.0. The first-order valence-electron chi connectivity index (χ1n) is 5.31. The lowest BCUT2D eigenvalue weighted by Crippen LogP contribution is -1.99. The van der Waals surface area contributed by atoms with Gasteiger partial charge < -0.3 is 4.74 Å². The van der Waals surface area contributed by atoms with Crippen LogP contribution in [0.15, 0.2) is 33.9 Å². The molecule has 0 saturated heterocycles. The first-order chi connectivity index (χ1) is 8.15. The van der Waals surface area contributed by atoms with E-state index in [4.69, 9.17) is 11.6 Å². The van der Waals surface area contributed by atoms with Crippen molar-refractivity contribution in [3.05, 3.63) is 39.5 Å². The van der Waals surface area contributed by atoms with Crippen molar-refractivity contribution >= 4 is 45.2 Å². The second kappa shape index (κ2) is 7.71. The summed E-state index contributed by atoms with van der Waals surface area (Å²) in [5.74, 6) is -0.176. The van der Waals surface area contributed by atoms with Gasteiger partial charge in [0.05, 0.1) is 12.1 Å². The minimum absolute atomic E-state index is 0.176. The highest BCUT2D eigenvalue weighted by atomic mass is 127. The Hall–Kier alpha value is -0.550. The van der Waals surface area contributed by atoms with E-state index in [-0.39, 0.29) is 5.97 Å². The molecular weight excluding hydrogens is 350 g/mol. The summed E-state index contributed by atoms with van der Waals surface area (Å²) in [6.45, 7) is 0. The molecule has 1 rings (SSSR count). The fourth-order valence-electron chi connectivity index (χ4n) is 1.34. The van der Waals surface area contributed by atoms with E-state index in [0.29, 0.717) is 6.42 Å². The molecule has 0 radical (unpaired) electrons. The summed E-state index contributed by atoms with van der Waals surface area (Å²) in [5.41, 5.74) is 1.01. The Morgan fingerprint density at radius 3 is 2.53 bits per heavy atom. The second-order valence-electron chi connectivity index (χ2n) is 3.51. The van der Waals surface area contributed by atoms with Crippen molar-refractivity contribution in [1.82, 2.24) is 0 Å². The van der Waals surface area contributed by atoms with Crippen LogP contribution in [0.3, 0.4) is 0 Å². The van der Waals surface area contributed by atoms with Gasteiger partial charge >= 0.3 is 5.97 Å².